The Morgan fingerprint density at radius 3 is 2.61 bits per heavy atom. The van der Waals surface area contributed by atoms with Gasteiger partial charge in [-0.2, -0.15) is 0 Å². The van der Waals surface area contributed by atoms with Crippen molar-refractivity contribution in [3.05, 3.63) is 30.1 Å². The lowest BCUT2D eigenvalue weighted by Crippen LogP contribution is -2.44. The third-order valence-electron chi connectivity index (χ3n) is 2.98. The van der Waals surface area contributed by atoms with Crippen LogP contribution >= 0.6 is 0 Å². The molecule has 0 saturated heterocycles. The van der Waals surface area contributed by atoms with Crippen molar-refractivity contribution < 1.29 is 22.3 Å². The van der Waals surface area contributed by atoms with E-state index in [1.165, 1.54) is 18.2 Å². The van der Waals surface area contributed by atoms with Crippen molar-refractivity contribution in [1.82, 2.24) is 10.0 Å². The van der Waals surface area contributed by atoms with Crippen LogP contribution in [0.3, 0.4) is 0 Å². The molecule has 0 aliphatic rings. The summed E-state index contributed by atoms with van der Waals surface area (Å²) >= 11 is 0. The van der Waals surface area contributed by atoms with Crippen LogP contribution in [0.5, 0.6) is 0 Å². The van der Waals surface area contributed by atoms with Gasteiger partial charge in [-0.1, -0.05) is 19.9 Å². The molecule has 0 radical (unpaired) electrons. The van der Waals surface area contributed by atoms with Crippen LogP contribution in [0.4, 0.5) is 9.18 Å². The molecule has 0 bridgehead atoms. The molecule has 130 valence electrons. The van der Waals surface area contributed by atoms with Crippen molar-refractivity contribution in [2.75, 3.05) is 13.2 Å². The first-order chi connectivity index (χ1) is 10.7. The fourth-order valence-corrected chi connectivity index (χ4v) is 3.14. The fourth-order valence-electron chi connectivity index (χ4n) is 2.03. The van der Waals surface area contributed by atoms with E-state index in [2.05, 4.69) is 10.0 Å². The van der Waals surface area contributed by atoms with Gasteiger partial charge in [0, 0.05) is 12.6 Å². The smallest absolute Gasteiger partial charge is 0.407 e. The maximum absolute atomic E-state index is 13.2. The Hall–Kier alpha value is -1.67. The Morgan fingerprint density at radius 1 is 1.35 bits per heavy atom. The maximum Gasteiger partial charge on any atom is 0.407 e. The molecule has 1 aromatic rings. The van der Waals surface area contributed by atoms with Gasteiger partial charge in [-0.3, -0.25) is 0 Å². The molecular formula is C15H23FN2O4S. The number of benzene rings is 1. The van der Waals surface area contributed by atoms with Crippen molar-refractivity contribution in [3.63, 3.8) is 0 Å². The minimum Gasteiger partial charge on any atom is -0.450 e. The molecule has 2 N–H and O–H groups in total. The molecule has 0 aliphatic carbocycles. The van der Waals surface area contributed by atoms with E-state index in [1.54, 1.807) is 6.92 Å². The van der Waals surface area contributed by atoms with Gasteiger partial charge in [0.15, 0.2) is 0 Å². The number of sulfonamides is 1. The first-order valence-corrected chi connectivity index (χ1v) is 8.91. The van der Waals surface area contributed by atoms with E-state index in [9.17, 15) is 17.6 Å². The molecular weight excluding hydrogens is 323 g/mol. The Labute approximate surface area is 136 Å². The van der Waals surface area contributed by atoms with Crippen molar-refractivity contribution in [1.29, 1.82) is 0 Å². The summed E-state index contributed by atoms with van der Waals surface area (Å²) in [6.07, 6.45) is -0.0205. The average Bonchev–Trinajstić information content (AvgIpc) is 2.44. The zero-order chi connectivity index (χ0) is 17.5. The number of ether oxygens (including phenoxy) is 1. The van der Waals surface area contributed by atoms with Crippen molar-refractivity contribution in [3.8, 4) is 0 Å². The number of alkyl carbamates (subject to hydrolysis) is 1. The molecule has 0 heterocycles. The van der Waals surface area contributed by atoms with Crippen molar-refractivity contribution >= 4 is 16.1 Å². The summed E-state index contributed by atoms with van der Waals surface area (Å²) in [6.45, 7) is 5.83. The molecule has 8 heteroatoms. The number of hydrogen-bond acceptors (Lipinski definition) is 4. The van der Waals surface area contributed by atoms with Gasteiger partial charge in [-0.15, -0.1) is 0 Å². The predicted octanol–water partition coefficient (Wildman–Crippen LogP) is 2.26. The van der Waals surface area contributed by atoms with Gasteiger partial charge >= 0.3 is 6.09 Å². The van der Waals surface area contributed by atoms with Crippen molar-refractivity contribution in [2.24, 2.45) is 5.92 Å². The van der Waals surface area contributed by atoms with Gasteiger partial charge < -0.3 is 10.1 Å². The lowest BCUT2D eigenvalue weighted by Gasteiger charge is -2.20. The first-order valence-electron chi connectivity index (χ1n) is 7.43. The number of nitrogens with one attached hydrogen (secondary N) is 2. The highest BCUT2D eigenvalue weighted by atomic mass is 32.2. The van der Waals surface area contributed by atoms with Crippen molar-refractivity contribution in [2.45, 2.75) is 38.1 Å². The zero-order valence-corrected chi connectivity index (χ0v) is 14.3. The molecule has 0 unspecified atom stereocenters. The molecule has 0 aromatic heterocycles. The predicted molar refractivity (Wildman–Crippen MR) is 85.0 cm³/mol. The van der Waals surface area contributed by atoms with E-state index in [0.29, 0.717) is 6.42 Å². The van der Waals surface area contributed by atoms with Crippen LogP contribution < -0.4 is 10.0 Å². The van der Waals surface area contributed by atoms with Gasteiger partial charge in [0.1, 0.15) is 5.82 Å². The summed E-state index contributed by atoms with van der Waals surface area (Å²) < 4.78 is 44.7. The molecule has 0 spiro atoms. The molecule has 1 atom stereocenters. The monoisotopic (exact) mass is 346 g/mol. The molecule has 6 nitrogen and oxygen atoms in total. The van der Waals surface area contributed by atoms with Gasteiger partial charge in [0.05, 0.1) is 11.5 Å². The number of hydrogen-bond donors (Lipinski definition) is 2. The summed E-state index contributed by atoms with van der Waals surface area (Å²) in [7, 11) is -3.84. The number of carbonyl (C=O) groups excluding carboxylic acids is 1. The Bertz CT molecular complexity index is 620. The van der Waals surface area contributed by atoms with E-state index < -0.39 is 28.0 Å². The van der Waals surface area contributed by atoms with Gasteiger partial charge in [0.2, 0.25) is 10.0 Å². The Balaban J connectivity index is 2.74. The Morgan fingerprint density at radius 2 is 2.04 bits per heavy atom. The molecule has 1 rings (SSSR count). The Kier molecular flexibility index (Phi) is 7.44. The minimum atomic E-state index is -3.84. The highest BCUT2D eigenvalue weighted by molar-refractivity contribution is 7.89. The molecule has 1 amide bonds. The van der Waals surface area contributed by atoms with Crippen LogP contribution in [0.1, 0.15) is 27.2 Å². The summed E-state index contributed by atoms with van der Waals surface area (Å²) in [5.41, 5.74) is 0. The van der Waals surface area contributed by atoms with E-state index >= 15 is 0 Å². The lowest BCUT2D eigenvalue weighted by atomic mass is 10.0. The van der Waals surface area contributed by atoms with E-state index in [4.69, 9.17) is 4.74 Å². The maximum atomic E-state index is 13.2. The van der Waals surface area contributed by atoms with Gasteiger partial charge in [-0.05, 0) is 37.5 Å². The largest absolute Gasteiger partial charge is 0.450 e. The molecule has 1 aromatic carbocycles. The van der Waals surface area contributed by atoms with Crippen LogP contribution in [-0.4, -0.2) is 33.7 Å². The summed E-state index contributed by atoms with van der Waals surface area (Å²) in [6, 6.07) is 4.33. The third-order valence-corrected chi connectivity index (χ3v) is 4.40. The SMILES string of the molecule is CCOC(=O)N[C@H](CNS(=O)(=O)c1cccc(F)c1)CC(C)C. The summed E-state index contributed by atoms with van der Waals surface area (Å²) in [4.78, 5) is 11.4. The standard InChI is InChI=1S/C15H23FN2O4S/c1-4-22-15(19)18-13(8-11(2)3)10-17-23(20,21)14-7-5-6-12(16)9-14/h5-7,9,11,13,17H,4,8,10H2,1-3H3,(H,18,19)/t13-/m0/s1. The average molecular weight is 346 g/mol. The highest BCUT2D eigenvalue weighted by Gasteiger charge is 2.20. The minimum absolute atomic E-state index is 0.00413. The van der Waals surface area contributed by atoms with Crippen LogP contribution in [-0.2, 0) is 14.8 Å². The zero-order valence-electron chi connectivity index (χ0n) is 13.5. The number of carbonyl (C=O) groups is 1. The second-order valence-electron chi connectivity index (χ2n) is 5.50. The lowest BCUT2D eigenvalue weighted by molar-refractivity contribution is 0.146. The second-order valence-corrected chi connectivity index (χ2v) is 7.27. The molecule has 0 aliphatic heterocycles. The van der Waals surface area contributed by atoms with Gasteiger partial charge in [-0.25, -0.2) is 22.3 Å². The number of rotatable bonds is 8. The molecule has 23 heavy (non-hydrogen) atoms. The van der Waals surface area contributed by atoms with Crippen LogP contribution in [0, 0.1) is 11.7 Å². The van der Waals surface area contributed by atoms with Gasteiger partial charge in [0.25, 0.3) is 0 Å². The van der Waals surface area contributed by atoms with Crippen LogP contribution in [0.2, 0.25) is 0 Å². The molecule has 0 saturated carbocycles. The summed E-state index contributed by atoms with van der Waals surface area (Å²) in [5.74, 6) is -0.378. The second kappa shape index (κ2) is 8.83. The van der Waals surface area contributed by atoms with E-state index in [1.807, 2.05) is 13.8 Å². The van der Waals surface area contributed by atoms with Crippen LogP contribution in [0.25, 0.3) is 0 Å². The van der Waals surface area contributed by atoms with E-state index in [-0.39, 0.29) is 24.0 Å². The normalized spacial score (nSPS) is 12.9. The fraction of sp³-hybridized carbons (Fsp3) is 0.533. The summed E-state index contributed by atoms with van der Waals surface area (Å²) in [5, 5.41) is 2.62. The van der Waals surface area contributed by atoms with E-state index in [0.717, 1.165) is 6.07 Å². The quantitative estimate of drug-likeness (QED) is 0.756. The first kappa shape index (κ1) is 19.4. The topological polar surface area (TPSA) is 84.5 Å². The number of halogens is 1. The van der Waals surface area contributed by atoms with Crippen LogP contribution in [0.15, 0.2) is 29.2 Å². The number of amides is 1. The highest BCUT2D eigenvalue weighted by Crippen LogP contribution is 2.11. The third kappa shape index (κ3) is 6.96. The molecule has 0 fully saturated rings.